The number of hydrogen-bond donors (Lipinski definition) is 0. The summed E-state index contributed by atoms with van der Waals surface area (Å²) in [5, 5.41) is 3.82. The number of rotatable bonds is 2. The van der Waals surface area contributed by atoms with E-state index in [-0.39, 0.29) is 5.97 Å². The first kappa shape index (κ1) is 12.3. The van der Waals surface area contributed by atoms with E-state index in [9.17, 15) is 4.79 Å². The molecule has 1 saturated heterocycles. The zero-order chi connectivity index (χ0) is 11.5. The molecular formula is C10H13NO2S3. The Morgan fingerprint density at radius 1 is 1.50 bits per heavy atom. The second-order valence-electron chi connectivity index (χ2n) is 3.43. The van der Waals surface area contributed by atoms with E-state index in [1.54, 1.807) is 16.7 Å². The van der Waals surface area contributed by atoms with Gasteiger partial charge in [-0.15, -0.1) is 23.1 Å². The number of hydrogen-bond acceptors (Lipinski definition) is 6. The molecule has 1 fully saturated rings. The van der Waals surface area contributed by atoms with Gasteiger partial charge in [0.1, 0.15) is 5.01 Å². The molecule has 16 heavy (non-hydrogen) atoms. The summed E-state index contributed by atoms with van der Waals surface area (Å²) < 4.78 is 4.66. The minimum Gasteiger partial charge on any atom is -0.464 e. The molecule has 3 nitrogen and oxygen atoms in total. The number of ether oxygens (including phenoxy) is 1. The summed E-state index contributed by atoms with van der Waals surface area (Å²) >= 11 is 5.46. The fourth-order valence-electron chi connectivity index (χ4n) is 1.52. The molecule has 2 rings (SSSR count). The van der Waals surface area contributed by atoms with Crippen molar-refractivity contribution >= 4 is 40.8 Å². The molecule has 88 valence electrons. The number of methoxy groups -OCH3 is 1. The van der Waals surface area contributed by atoms with Crippen LogP contribution in [0.3, 0.4) is 0 Å². The molecule has 1 aromatic rings. The van der Waals surface area contributed by atoms with Crippen LogP contribution < -0.4 is 0 Å². The standard InChI is InChI=1S/C10H13NO2S3/c1-6-8(15-4-3-14-6)9-11-7(5-16-9)10(12)13-2/h5-6,8H,3-4H2,1-2H3. The van der Waals surface area contributed by atoms with Crippen molar-refractivity contribution in [3.05, 3.63) is 16.1 Å². The van der Waals surface area contributed by atoms with E-state index >= 15 is 0 Å². The van der Waals surface area contributed by atoms with Crippen LogP contribution in [0.2, 0.25) is 0 Å². The van der Waals surface area contributed by atoms with E-state index < -0.39 is 0 Å². The van der Waals surface area contributed by atoms with E-state index in [1.165, 1.54) is 12.9 Å². The zero-order valence-electron chi connectivity index (χ0n) is 9.13. The molecule has 1 aromatic heterocycles. The van der Waals surface area contributed by atoms with E-state index in [4.69, 9.17) is 0 Å². The van der Waals surface area contributed by atoms with Crippen molar-refractivity contribution in [3.8, 4) is 0 Å². The van der Waals surface area contributed by atoms with Crippen molar-refractivity contribution in [2.75, 3.05) is 18.6 Å². The van der Waals surface area contributed by atoms with Crippen molar-refractivity contribution in [2.45, 2.75) is 17.4 Å². The molecule has 0 spiro atoms. The van der Waals surface area contributed by atoms with Crippen LogP contribution >= 0.6 is 34.9 Å². The van der Waals surface area contributed by atoms with Crippen molar-refractivity contribution in [3.63, 3.8) is 0 Å². The lowest BCUT2D eigenvalue weighted by Gasteiger charge is -2.25. The third-order valence-corrected chi connectivity index (χ3v) is 6.52. The van der Waals surface area contributed by atoms with Crippen molar-refractivity contribution in [1.29, 1.82) is 0 Å². The molecular weight excluding hydrogens is 262 g/mol. The summed E-state index contributed by atoms with van der Waals surface area (Å²) in [5.41, 5.74) is 0.436. The van der Waals surface area contributed by atoms with Gasteiger partial charge in [0.15, 0.2) is 5.69 Å². The maximum Gasteiger partial charge on any atom is 0.357 e. The Morgan fingerprint density at radius 2 is 2.25 bits per heavy atom. The SMILES string of the molecule is COC(=O)c1csc(C2SCCSC2C)n1. The molecule has 0 N–H and O–H groups in total. The van der Waals surface area contributed by atoms with E-state index in [1.807, 2.05) is 23.5 Å². The predicted octanol–water partition coefficient (Wildman–Crippen LogP) is 2.84. The zero-order valence-corrected chi connectivity index (χ0v) is 11.6. The summed E-state index contributed by atoms with van der Waals surface area (Å²) in [5.74, 6) is 2.02. The van der Waals surface area contributed by atoms with Gasteiger partial charge in [-0.2, -0.15) is 11.8 Å². The van der Waals surface area contributed by atoms with Gasteiger partial charge >= 0.3 is 5.97 Å². The molecule has 0 bridgehead atoms. The maximum atomic E-state index is 11.3. The molecule has 0 amide bonds. The minimum absolute atomic E-state index is 0.344. The van der Waals surface area contributed by atoms with Gasteiger partial charge in [0.2, 0.25) is 0 Å². The first-order chi connectivity index (χ1) is 7.72. The highest BCUT2D eigenvalue weighted by molar-refractivity contribution is 8.06. The van der Waals surface area contributed by atoms with Gasteiger partial charge in [0, 0.05) is 22.1 Å². The lowest BCUT2D eigenvalue weighted by atomic mass is 10.3. The largest absolute Gasteiger partial charge is 0.464 e. The topological polar surface area (TPSA) is 39.2 Å². The molecule has 0 radical (unpaired) electrons. The van der Waals surface area contributed by atoms with Crippen LogP contribution in [0.5, 0.6) is 0 Å². The van der Waals surface area contributed by atoms with Crippen molar-refractivity contribution in [2.24, 2.45) is 0 Å². The van der Waals surface area contributed by atoms with Gasteiger partial charge in [-0.05, 0) is 0 Å². The summed E-state index contributed by atoms with van der Waals surface area (Å²) in [6, 6.07) is 0. The van der Waals surface area contributed by atoms with Crippen LogP contribution in [-0.4, -0.2) is 34.8 Å². The average molecular weight is 275 g/mol. The second-order valence-corrected chi connectivity index (χ2v) is 7.05. The van der Waals surface area contributed by atoms with Crippen LogP contribution in [-0.2, 0) is 4.74 Å². The summed E-state index contributed by atoms with van der Waals surface area (Å²) in [6.07, 6.45) is 0. The highest BCUT2D eigenvalue weighted by Gasteiger charge is 2.27. The number of carbonyl (C=O) groups is 1. The quantitative estimate of drug-likeness (QED) is 0.776. The summed E-state index contributed by atoms with van der Waals surface area (Å²) in [6.45, 7) is 2.22. The molecule has 2 atom stereocenters. The Balaban J connectivity index is 2.14. The summed E-state index contributed by atoms with van der Waals surface area (Å²) in [4.78, 5) is 15.7. The normalized spacial score (nSPS) is 25.4. The Labute approximate surface area is 107 Å². The number of thioether (sulfide) groups is 2. The number of aromatic nitrogens is 1. The Bertz CT molecular complexity index is 380. The average Bonchev–Trinajstić information content (AvgIpc) is 2.78. The molecule has 6 heteroatoms. The molecule has 0 aliphatic carbocycles. The van der Waals surface area contributed by atoms with Crippen LogP contribution in [0, 0.1) is 0 Å². The third kappa shape index (κ3) is 2.55. The van der Waals surface area contributed by atoms with E-state index in [2.05, 4.69) is 16.6 Å². The van der Waals surface area contributed by atoms with Crippen LogP contribution in [0.15, 0.2) is 5.38 Å². The van der Waals surface area contributed by atoms with Gasteiger partial charge in [0.25, 0.3) is 0 Å². The van der Waals surface area contributed by atoms with E-state index in [0.717, 1.165) is 10.8 Å². The van der Waals surface area contributed by atoms with Gasteiger partial charge in [-0.1, -0.05) is 6.92 Å². The molecule has 0 saturated carbocycles. The van der Waals surface area contributed by atoms with Crippen LogP contribution in [0.25, 0.3) is 0 Å². The van der Waals surface area contributed by atoms with Gasteiger partial charge < -0.3 is 4.74 Å². The maximum absolute atomic E-state index is 11.3. The van der Waals surface area contributed by atoms with Gasteiger partial charge in [-0.3, -0.25) is 0 Å². The van der Waals surface area contributed by atoms with Crippen molar-refractivity contribution in [1.82, 2.24) is 4.98 Å². The predicted molar refractivity (Wildman–Crippen MR) is 70.6 cm³/mol. The monoisotopic (exact) mass is 275 g/mol. The summed E-state index contributed by atoms with van der Waals surface area (Å²) in [7, 11) is 1.38. The fraction of sp³-hybridized carbons (Fsp3) is 0.600. The molecule has 0 aromatic carbocycles. The first-order valence-corrected chi connectivity index (χ1v) is 7.97. The fourth-order valence-corrected chi connectivity index (χ4v) is 5.49. The molecule has 1 aliphatic rings. The highest BCUT2D eigenvalue weighted by atomic mass is 32.2. The van der Waals surface area contributed by atoms with Gasteiger partial charge in [-0.25, -0.2) is 9.78 Å². The highest BCUT2D eigenvalue weighted by Crippen LogP contribution is 2.43. The smallest absolute Gasteiger partial charge is 0.357 e. The van der Waals surface area contributed by atoms with Crippen LogP contribution in [0.4, 0.5) is 0 Å². The Morgan fingerprint density at radius 3 is 2.94 bits per heavy atom. The minimum atomic E-state index is -0.344. The van der Waals surface area contributed by atoms with Gasteiger partial charge in [0.05, 0.1) is 12.4 Å². The lowest BCUT2D eigenvalue weighted by Crippen LogP contribution is -2.15. The number of carbonyl (C=O) groups excluding carboxylic acids is 1. The number of nitrogens with zero attached hydrogens (tertiary/aromatic N) is 1. The van der Waals surface area contributed by atoms with Crippen LogP contribution in [0.1, 0.15) is 27.7 Å². The molecule has 2 heterocycles. The number of thiazole rings is 1. The second kappa shape index (κ2) is 5.42. The first-order valence-electron chi connectivity index (χ1n) is 4.99. The Hall–Kier alpha value is -0.200. The van der Waals surface area contributed by atoms with E-state index in [0.29, 0.717) is 16.2 Å². The number of esters is 1. The van der Waals surface area contributed by atoms with Crippen molar-refractivity contribution < 1.29 is 9.53 Å². The Kier molecular flexibility index (Phi) is 4.16. The molecule has 2 unspecified atom stereocenters. The lowest BCUT2D eigenvalue weighted by molar-refractivity contribution is 0.0594. The third-order valence-electron chi connectivity index (χ3n) is 2.35. The molecule has 1 aliphatic heterocycles.